The van der Waals surface area contributed by atoms with Crippen molar-refractivity contribution in [1.29, 1.82) is 0 Å². The van der Waals surface area contributed by atoms with E-state index in [1.807, 2.05) is 48.9 Å². The first-order chi connectivity index (χ1) is 18.6. The molecular weight excluding hydrogens is 475 g/mol. The second-order valence-corrected chi connectivity index (χ2v) is 11.9. The summed E-state index contributed by atoms with van der Waals surface area (Å²) in [7, 11) is 5.20. The van der Waals surface area contributed by atoms with E-state index in [-0.39, 0.29) is 5.16 Å². The smallest absolute Gasteiger partial charge is 0.103 e. The first-order valence-corrected chi connectivity index (χ1v) is 15.0. The van der Waals surface area contributed by atoms with Crippen LogP contribution in [0, 0.1) is 5.92 Å². The predicted molar refractivity (Wildman–Crippen MR) is 165 cm³/mol. The molecule has 2 nitrogen and oxygen atoms in total. The zero-order valence-electron chi connectivity index (χ0n) is 22.3. The molecule has 5 rings (SSSR count). The van der Waals surface area contributed by atoms with Gasteiger partial charge in [0, 0.05) is 12.4 Å². The van der Waals surface area contributed by atoms with E-state index in [0.717, 1.165) is 22.6 Å². The third-order valence-corrected chi connectivity index (χ3v) is 10.2. The number of benzene rings is 4. The van der Waals surface area contributed by atoms with E-state index in [1.165, 1.54) is 17.2 Å². The topological polar surface area (TPSA) is 17.8 Å². The molecule has 0 atom stereocenters. The fraction of sp³-hybridized carbons (Fsp3) is 0.147. The molecule has 2 radical (unpaired) electrons. The maximum atomic E-state index is 5.67. The molecule has 1 aromatic heterocycles. The van der Waals surface area contributed by atoms with Gasteiger partial charge in [-0.25, -0.2) is 4.98 Å². The zero-order chi connectivity index (χ0) is 26.6. The summed E-state index contributed by atoms with van der Waals surface area (Å²) in [6.45, 7) is 4.64. The number of aromatic nitrogens is 2. The predicted octanol–water partition coefficient (Wildman–Crippen LogP) is 7.12. The lowest BCUT2D eigenvalue weighted by atomic mass is 9.92. The van der Waals surface area contributed by atoms with Crippen LogP contribution in [0.1, 0.15) is 36.1 Å². The third-order valence-electron chi connectivity index (χ3n) is 6.87. The Hall–Kier alpha value is -3.89. The SMILES string of the molecule is CC(C)C[SiH2]C(c1ccccc1)(c1ccccc1)n1ccnc1.[B]C=C(c1ccccc1)c1ccccc1. The van der Waals surface area contributed by atoms with Crippen LogP contribution in [0.4, 0.5) is 0 Å². The third kappa shape index (κ3) is 6.51. The van der Waals surface area contributed by atoms with Crippen molar-refractivity contribution in [2.75, 3.05) is 0 Å². The fourth-order valence-corrected chi connectivity index (χ4v) is 7.38. The molecule has 0 spiro atoms. The Morgan fingerprint density at radius 3 is 1.58 bits per heavy atom. The van der Waals surface area contributed by atoms with Crippen LogP contribution in [0.3, 0.4) is 0 Å². The molecule has 0 aliphatic carbocycles. The molecular formula is C34H35BN2Si. The first-order valence-electron chi connectivity index (χ1n) is 13.3. The molecule has 0 bridgehead atoms. The fourth-order valence-electron chi connectivity index (χ4n) is 4.89. The van der Waals surface area contributed by atoms with Gasteiger partial charge in [-0.3, -0.25) is 0 Å². The largest absolute Gasteiger partial charge is 0.327 e. The van der Waals surface area contributed by atoms with Crippen LogP contribution in [-0.2, 0) is 5.16 Å². The molecule has 38 heavy (non-hydrogen) atoms. The minimum atomic E-state index is -0.472. The van der Waals surface area contributed by atoms with Crippen molar-refractivity contribution in [2.45, 2.75) is 25.1 Å². The van der Waals surface area contributed by atoms with Crippen LogP contribution >= 0.6 is 0 Å². The van der Waals surface area contributed by atoms with Crippen LogP contribution < -0.4 is 0 Å². The molecule has 5 aromatic rings. The van der Waals surface area contributed by atoms with Gasteiger partial charge in [0.1, 0.15) is 7.85 Å². The Morgan fingerprint density at radius 1 is 0.763 bits per heavy atom. The van der Waals surface area contributed by atoms with Crippen molar-refractivity contribution >= 4 is 22.9 Å². The van der Waals surface area contributed by atoms with E-state index in [4.69, 9.17) is 7.85 Å². The summed E-state index contributed by atoms with van der Waals surface area (Å²) in [5, 5.41) is -0.0662. The highest BCUT2D eigenvalue weighted by Crippen LogP contribution is 2.34. The standard InChI is InChI=1S/C20H24N2Si.C14H11B/c1-17(2)15-23-20(22-14-13-21-16-22,18-9-5-3-6-10-18)19-11-7-4-8-12-19;15-11-14(12-7-3-1-4-8-12)13-9-5-2-6-10-13/h3-14,16-17H,15,23H2,1-2H3;1-11H. The second kappa shape index (κ2) is 13.6. The lowest BCUT2D eigenvalue weighted by Gasteiger charge is -2.37. The summed E-state index contributed by atoms with van der Waals surface area (Å²) in [6, 6.07) is 43.4. The van der Waals surface area contributed by atoms with E-state index < -0.39 is 9.52 Å². The van der Waals surface area contributed by atoms with Crippen LogP contribution in [0.5, 0.6) is 0 Å². The van der Waals surface area contributed by atoms with E-state index in [2.05, 4.69) is 115 Å². The molecule has 4 aromatic carbocycles. The quantitative estimate of drug-likeness (QED) is 0.203. The summed E-state index contributed by atoms with van der Waals surface area (Å²) in [4.78, 5) is 4.35. The molecule has 0 N–H and O–H groups in total. The van der Waals surface area contributed by atoms with Gasteiger partial charge in [0.2, 0.25) is 0 Å². The van der Waals surface area contributed by atoms with E-state index >= 15 is 0 Å². The van der Waals surface area contributed by atoms with Crippen molar-refractivity contribution in [3.8, 4) is 0 Å². The summed E-state index contributed by atoms with van der Waals surface area (Å²) >= 11 is 0. The molecule has 0 saturated carbocycles. The van der Waals surface area contributed by atoms with Gasteiger partial charge in [-0.05, 0) is 33.7 Å². The van der Waals surface area contributed by atoms with Gasteiger partial charge in [-0.1, -0.05) is 141 Å². The van der Waals surface area contributed by atoms with Crippen LogP contribution in [0.25, 0.3) is 5.57 Å². The normalized spacial score (nSPS) is 11.2. The molecule has 0 aliphatic rings. The van der Waals surface area contributed by atoms with Crippen molar-refractivity contribution in [1.82, 2.24) is 9.55 Å². The second-order valence-electron chi connectivity index (χ2n) is 9.81. The summed E-state index contributed by atoms with van der Waals surface area (Å²) < 4.78 is 2.33. The number of hydrogen-bond donors (Lipinski definition) is 0. The van der Waals surface area contributed by atoms with Gasteiger partial charge in [-0.2, -0.15) is 0 Å². The monoisotopic (exact) mass is 510 g/mol. The molecule has 0 unspecified atom stereocenters. The average Bonchev–Trinajstić information content (AvgIpc) is 3.52. The summed E-state index contributed by atoms with van der Waals surface area (Å²) in [6.07, 6.45) is 5.99. The Bertz CT molecular complexity index is 1290. The van der Waals surface area contributed by atoms with Gasteiger partial charge >= 0.3 is 0 Å². The first kappa shape index (κ1) is 27.2. The molecule has 4 heteroatoms. The maximum absolute atomic E-state index is 5.67. The molecule has 0 saturated heterocycles. The highest BCUT2D eigenvalue weighted by atomic mass is 28.2. The summed E-state index contributed by atoms with van der Waals surface area (Å²) in [5.74, 6) is 2.38. The number of hydrogen-bond acceptors (Lipinski definition) is 1. The lowest BCUT2D eigenvalue weighted by molar-refractivity contribution is 0.581. The minimum Gasteiger partial charge on any atom is -0.327 e. The number of nitrogens with zero attached hydrogens (tertiary/aromatic N) is 2. The van der Waals surface area contributed by atoms with Gasteiger partial charge in [-0.15, -0.1) is 5.98 Å². The van der Waals surface area contributed by atoms with Crippen LogP contribution in [0.15, 0.2) is 146 Å². The van der Waals surface area contributed by atoms with Crippen molar-refractivity contribution in [3.05, 3.63) is 168 Å². The van der Waals surface area contributed by atoms with Gasteiger partial charge < -0.3 is 4.57 Å². The minimum absolute atomic E-state index is 0.0662. The summed E-state index contributed by atoms with van der Waals surface area (Å²) in [5.41, 5.74) is 6.10. The van der Waals surface area contributed by atoms with Gasteiger partial charge in [0.15, 0.2) is 0 Å². The molecule has 0 aliphatic heterocycles. The van der Waals surface area contributed by atoms with Crippen molar-refractivity contribution < 1.29 is 0 Å². The Kier molecular flexibility index (Phi) is 9.72. The van der Waals surface area contributed by atoms with Gasteiger partial charge in [0.05, 0.1) is 21.0 Å². The molecule has 0 amide bonds. The number of rotatable bonds is 8. The van der Waals surface area contributed by atoms with E-state index in [1.54, 1.807) is 5.98 Å². The highest BCUT2D eigenvalue weighted by Gasteiger charge is 2.35. The Labute approximate surface area is 231 Å². The Morgan fingerprint density at radius 2 is 1.21 bits per heavy atom. The van der Waals surface area contributed by atoms with Crippen LogP contribution in [0.2, 0.25) is 6.04 Å². The van der Waals surface area contributed by atoms with Crippen LogP contribution in [-0.4, -0.2) is 26.9 Å². The lowest BCUT2D eigenvalue weighted by Crippen LogP contribution is -2.42. The highest BCUT2D eigenvalue weighted by molar-refractivity contribution is 6.41. The molecule has 0 fully saturated rings. The molecule has 188 valence electrons. The van der Waals surface area contributed by atoms with E-state index in [0.29, 0.717) is 0 Å². The van der Waals surface area contributed by atoms with Gasteiger partial charge in [0.25, 0.3) is 0 Å². The molecule has 1 heterocycles. The van der Waals surface area contributed by atoms with Crippen molar-refractivity contribution in [3.63, 3.8) is 0 Å². The Balaban J connectivity index is 0.000000194. The maximum Gasteiger partial charge on any atom is 0.103 e. The number of imidazole rings is 1. The zero-order valence-corrected chi connectivity index (χ0v) is 23.7. The van der Waals surface area contributed by atoms with E-state index in [9.17, 15) is 0 Å². The average molecular weight is 511 g/mol. The van der Waals surface area contributed by atoms with Crippen molar-refractivity contribution in [2.24, 2.45) is 5.92 Å².